The van der Waals surface area contributed by atoms with Crippen LogP contribution in [0.25, 0.3) is 11.0 Å². The summed E-state index contributed by atoms with van der Waals surface area (Å²) >= 11 is 0. The largest absolute Gasteiger partial charge is 0.445 e. The lowest BCUT2D eigenvalue weighted by Gasteiger charge is -2.31. The number of para-hydroxylation sites is 2. The zero-order chi connectivity index (χ0) is 22.7. The first-order valence-corrected chi connectivity index (χ1v) is 10.8. The molecule has 7 heteroatoms. The molecular weight excluding hydrogens is 406 g/mol. The first kappa shape index (κ1) is 21.7. The number of ether oxygens (including phenoxy) is 1. The predicted octanol–water partition coefficient (Wildman–Crippen LogP) is 3.43. The molecule has 4 rings (SSSR count). The molecule has 1 aliphatic heterocycles. The van der Waals surface area contributed by atoms with Crippen LogP contribution in [0.5, 0.6) is 0 Å². The number of rotatable bonds is 3. The number of carbonyl (C=O) groups excluding carboxylic acids is 1. The summed E-state index contributed by atoms with van der Waals surface area (Å²) < 4.78 is 7.28. The van der Waals surface area contributed by atoms with E-state index in [4.69, 9.17) is 4.74 Å². The van der Waals surface area contributed by atoms with Gasteiger partial charge in [0.15, 0.2) is 0 Å². The number of nitrogens with zero attached hydrogens (tertiary/aromatic N) is 2. The quantitative estimate of drug-likeness (QED) is 0.620. The van der Waals surface area contributed by atoms with Gasteiger partial charge >= 0.3 is 11.8 Å². The van der Waals surface area contributed by atoms with Gasteiger partial charge in [-0.05, 0) is 56.5 Å². The number of nitrogens with one attached hydrogen (secondary N) is 1. The summed E-state index contributed by atoms with van der Waals surface area (Å²) in [6, 6.07) is 15.1. The normalized spacial score (nSPS) is 14.8. The molecule has 0 atom stereocenters. The summed E-state index contributed by atoms with van der Waals surface area (Å²) in [5.74, 6) is 5.68. The number of H-pyrrole nitrogens is 1. The van der Waals surface area contributed by atoms with E-state index in [1.165, 1.54) is 0 Å². The van der Waals surface area contributed by atoms with E-state index < -0.39 is 5.60 Å². The predicted molar refractivity (Wildman–Crippen MR) is 122 cm³/mol. The van der Waals surface area contributed by atoms with E-state index in [1.807, 2.05) is 48.5 Å². The molecule has 3 aromatic rings. The number of carbonyl (C=O) groups is 1. The number of likely N-dealkylation sites (tertiary alicyclic amines) is 1. The van der Waals surface area contributed by atoms with Crippen LogP contribution in [0.15, 0.2) is 53.3 Å². The van der Waals surface area contributed by atoms with E-state index in [1.54, 1.807) is 23.3 Å². The lowest BCUT2D eigenvalue weighted by Crippen LogP contribution is -2.40. The molecule has 7 nitrogen and oxygen atoms in total. The van der Waals surface area contributed by atoms with Crippen molar-refractivity contribution >= 4 is 17.1 Å². The second kappa shape index (κ2) is 8.93. The average molecular weight is 434 g/mol. The molecule has 1 amide bonds. The maximum absolute atomic E-state index is 12.5. The van der Waals surface area contributed by atoms with Crippen molar-refractivity contribution in [2.24, 2.45) is 0 Å². The molecule has 1 aliphatic rings. The van der Waals surface area contributed by atoms with Crippen LogP contribution < -0.4 is 5.69 Å². The van der Waals surface area contributed by atoms with Gasteiger partial charge in [-0.2, -0.15) is 0 Å². The standard InChI is InChI=1S/C25H27N3O4/c1-25(2,31)14-11-18-7-9-19(10-8-18)17-32-24(30)27-15-12-20(13-16-27)28-22-6-4-3-5-21(22)26-23(28)29/h3-10,20,31H,12-13,15-17H2,1-2H3,(H,26,29). The molecule has 2 heterocycles. The van der Waals surface area contributed by atoms with E-state index in [0.717, 1.165) is 22.2 Å². The Labute approximate surface area is 186 Å². The third-order valence-corrected chi connectivity index (χ3v) is 5.54. The zero-order valence-corrected chi connectivity index (χ0v) is 18.3. The van der Waals surface area contributed by atoms with Gasteiger partial charge in [-0.3, -0.25) is 4.57 Å². The number of hydrogen-bond acceptors (Lipinski definition) is 4. The Bertz CT molecular complexity index is 1210. The monoisotopic (exact) mass is 433 g/mol. The molecule has 1 saturated heterocycles. The van der Waals surface area contributed by atoms with Crippen LogP contribution in [0.2, 0.25) is 0 Å². The summed E-state index contributed by atoms with van der Waals surface area (Å²) in [5.41, 5.74) is 2.24. The highest BCUT2D eigenvalue weighted by Crippen LogP contribution is 2.25. The van der Waals surface area contributed by atoms with E-state index in [9.17, 15) is 14.7 Å². The van der Waals surface area contributed by atoms with Crippen LogP contribution in [0, 0.1) is 11.8 Å². The number of aliphatic hydroxyl groups is 1. The van der Waals surface area contributed by atoms with Gasteiger partial charge in [-0.25, -0.2) is 9.59 Å². The van der Waals surface area contributed by atoms with Gasteiger partial charge in [0.05, 0.1) is 11.0 Å². The fourth-order valence-electron chi connectivity index (χ4n) is 3.89. The molecule has 1 fully saturated rings. The lowest BCUT2D eigenvalue weighted by molar-refractivity contribution is 0.0832. The maximum Gasteiger partial charge on any atom is 0.410 e. The molecule has 0 aliphatic carbocycles. The van der Waals surface area contributed by atoms with Crippen molar-refractivity contribution in [2.75, 3.05) is 13.1 Å². The molecule has 0 unspecified atom stereocenters. The Hall–Kier alpha value is -3.50. The minimum Gasteiger partial charge on any atom is -0.445 e. The number of aromatic nitrogens is 2. The molecule has 32 heavy (non-hydrogen) atoms. The van der Waals surface area contributed by atoms with Gasteiger partial charge in [-0.15, -0.1) is 0 Å². The molecule has 0 bridgehead atoms. The fraction of sp³-hybridized carbons (Fsp3) is 0.360. The third kappa shape index (κ3) is 5.04. The lowest BCUT2D eigenvalue weighted by atomic mass is 10.0. The van der Waals surface area contributed by atoms with Gasteiger partial charge in [0.25, 0.3) is 0 Å². The van der Waals surface area contributed by atoms with Gasteiger partial charge in [0, 0.05) is 24.7 Å². The Morgan fingerprint density at radius 1 is 1.16 bits per heavy atom. The summed E-state index contributed by atoms with van der Waals surface area (Å²) in [7, 11) is 0. The second-order valence-electron chi connectivity index (χ2n) is 8.60. The third-order valence-electron chi connectivity index (χ3n) is 5.54. The van der Waals surface area contributed by atoms with E-state index >= 15 is 0 Å². The van der Waals surface area contributed by atoms with E-state index in [0.29, 0.717) is 25.9 Å². The summed E-state index contributed by atoms with van der Waals surface area (Å²) in [6.45, 7) is 4.53. The number of imidazole rings is 1. The van der Waals surface area contributed by atoms with Crippen molar-refractivity contribution in [3.05, 3.63) is 70.1 Å². The minimum absolute atomic E-state index is 0.0558. The molecule has 166 valence electrons. The van der Waals surface area contributed by atoms with Gasteiger partial charge in [0.2, 0.25) is 0 Å². The minimum atomic E-state index is -1.04. The van der Waals surface area contributed by atoms with Crippen molar-refractivity contribution in [2.45, 2.75) is 44.9 Å². The molecule has 2 N–H and O–H groups in total. The van der Waals surface area contributed by atoms with Crippen LogP contribution in [0.1, 0.15) is 43.9 Å². The Kier molecular flexibility index (Phi) is 6.06. The fourth-order valence-corrected chi connectivity index (χ4v) is 3.89. The van der Waals surface area contributed by atoms with Crippen LogP contribution in [-0.4, -0.2) is 44.3 Å². The maximum atomic E-state index is 12.5. The first-order valence-electron chi connectivity index (χ1n) is 10.8. The SMILES string of the molecule is CC(C)(O)C#Cc1ccc(COC(=O)N2CCC(n3c(=O)[nH]c4ccccc43)CC2)cc1. The average Bonchev–Trinajstić information content (AvgIpc) is 3.12. The molecule has 0 radical (unpaired) electrons. The van der Waals surface area contributed by atoms with Crippen molar-refractivity contribution in [1.82, 2.24) is 14.5 Å². The van der Waals surface area contributed by atoms with Crippen LogP contribution in [-0.2, 0) is 11.3 Å². The number of piperidine rings is 1. The summed E-state index contributed by atoms with van der Waals surface area (Å²) in [5, 5.41) is 9.68. The van der Waals surface area contributed by atoms with Gasteiger partial charge < -0.3 is 19.7 Å². The first-order chi connectivity index (χ1) is 15.3. The molecule has 0 spiro atoms. The van der Waals surface area contributed by atoms with Crippen molar-refractivity contribution in [3.63, 3.8) is 0 Å². The summed E-state index contributed by atoms with van der Waals surface area (Å²) in [6.07, 6.45) is 1.05. The number of aromatic amines is 1. The van der Waals surface area contributed by atoms with E-state index in [-0.39, 0.29) is 24.4 Å². The highest BCUT2D eigenvalue weighted by Gasteiger charge is 2.26. The number of fused-ring (bicyclic) bond motifs is 1. The van der Waals surface area contributed by atoms with Crippen LogP contribution in [0.4, 0.5) is 4.79 Å². The van der Waals surface area contributed by atoms with Crippen molar-refractivity contribution in [1.29, 1.82) is 0 Å². The van der Waals surface area contributed by atoms with Crippen LogP contribution >= 0.6 is 0 Å². The molecular formula is C25H27N3O4. The van der Waals surface area contributed by atoms with Gasteiger partial charge in [-0.1, -0.05) is 36.1 Å². The van der Waals surface area contributed by atoms with Crippen LogP contribution in [0.3, 0.4) is 0 Å². The van der Waals surface area contributed by atoms with Crippen molar-refractivity contribution < 1.29 is 14.6 Å². The second-order valence-corrected chi connectivity index (χ2v) is 8.60. The van der Waals surface area contributed by atoms with E-state index in [2.05, 4.69) is 16.8 Å². The van der Waals surface area contributed by atoms with Gasteiger partial charge in [0.1, 0.15) is 12.2 Å². The highest BCUT2D eigenvalue weighted by molar-refractivity contribution is 5.75. The molecule has 2 aromatic carbocycles. The Morgan fingerprint density at radius 2 is 1.84 bits per heavy atom. The summed E-state index contributed by atoms with van der Waals surface area (Å²) in [4.78, 5) is 29.5. The Balaban J connectivity index is 1.31. The zero-order valence-electron chi connectivity index (χ0n) is 18.3. The molecule has 1 aromatic heterocycles. The van der Waals surface area contributed by atoms with Crippen molar-refractivity contribution in [3.8, 4) is 11.8 Å². The molecule has 0 saturated carbocycles. The highest BCUT2D eigenvalue weighted by atomic mass is 16.6. The number of benzene rings is 2. The number of amides is 1. The smallest absolute Gasteiger partial charge is 0.410 e. The number of hydrogen-bond donors (Lipinski definition) is 2. The topological polar surface area (TPSA) is 87.6 Å². The Morgan fingerprint density at radius 3 is 2.53 bits per heavy atom.